The molecule has 108 valence electrons. The second-order valence-electron chi connectivity index (χ2n) is 4.27. The highest BCUT2D eigenvalue weighted by Crippen LogP contribution is 2.33. The first-order valence-corrected chi connectivity index (χ1v) is 9.43. The van der Waals surface area contributed by atoms with E-state index in [2.05, 4.69) is 36.6 Å². The van der Waals surface area contributed by atoms with Gasteiger partial charge >= 0.3 is 0 Å². The Bertz CT molecular complexity index is 770. The van der Waals surface area contributed by atoms with Crippen molar-refractivity contribution in [2.75, 3.05) is 10.5 Å². The first-order chi connectivity index (χ1) is 9.20. The lowest BCUT2D eigenvalue weighted by atomic mass is 10.2. The minimum atomic E-state index is -3.63. The van der Waals surface area contributed by atoms with Gasteiger partial charge in [-0.1, -0.05) is 0 Å². The maximum atomic E-state index is 12.4. The van der Waals surface area contributed by atoms with E-state index in [1.807, 2.05) is 6.92 Å². The highest BCUT2D eigenvalue weighted by molar-refractivity contribution is 9.11. The molecule has 4 nitrogen and oxygen atoms in total. The minimum absolute atomic E-state index is 0.264. The maximum absolute atomic E-state index is 12.4. The largest absolute Gasteiger partial charge is 0.398 e. The lowest BCUT2D eigenvalue weighted by molar-refractivity contribution is 0.601. The Morgan fingerprint density at radius 3 is 2.40 bits per heavy atom. The molecule has 0 spiro atoms. The number of hydrogen-bond donors (Lipinski definition) is 2. The van der Waals surface area contributed by atoms with E-state index in [-0.39, 0.29) is 4.90 Å². The van der Waals surface area contributed by atoms with E-state index in [1.54, 1.807) is 25.1 Å². The van der Waals surface area contributed by atoms with Gasteiger partial charge in [0.25, 0.3) is 10.0 Å². The SMILES string of the molecule is Cc1cc(Br)c(NS(=O)(=O)c2cc(Br)sc2C)cc1N. The van der Waals surface area contributed by atoms with Gasteiger partial charge in [0, 0.05) is 15.0 Å². The summed E-state index contributed by atoms with van der Waals surface area (Å²) in [6, 6.07) is 4.98. The third kappa shape index (κ3) is 3.19. The molecule has 20 heavy (non-hydrogen) atoms. The fourth-order valence-electron chi connectivity index (χ4n) is 1.66. The molecular weight excluding hydrogens is 428 g/mol. The molecule has 0 amide bonds. The molecule has 0 fully saturated rings. The average molecular weight is 440 g/mol. The quantitative estimate of drug-likeness (QED) is 0.701. The lowest BCUT2D eigenvalue weighted by Gasteiger charge is -2.11. The number of thiophene rings is 1. The van der Waals surface area contributed by atoms with Gasteiger partial charge in [-0.3, -0.25) is 4.72 Å². The monoisotopic (exact) mass is 438 g/mol. The number of nitrogens with one attached hydrogen (secondary N) is 1. The fourth-order valence-corrected chi connectivity index (χ4v) is 5.84. The third-order valence-electron chi connectivity index (χ3n) is 2.73. The summed E-state index contributed by atoms with van der Waals surface area (Å²) in [6.45, 7) is 3.63. The number of sulfonamides is 1. The van der Waals surface area contributed by atoms with Crippen molar-refractivity contribution >= 4 is 64.6 Å². The Hall–Kier alpha value is -0.570. The predicted molar refractivity (Wildman–Crippen MR) is 90.9 cm³/mol. The van der Waals surface area contributed by atoms with E-state index >= 15 is 0 Å². The van der Waals surface area contributed by atoms with Crippen molar-refractivity contribution in [2.24, 2.45) is 0 Å². The molecule has 0 atom stereocenters. The highest BCUT2D eigenvalue weighted by atomic mass is 79.9. The topological polar surface area (TPSA) is 72.2 Å². The minimum Gasteiger partial charge on any atom is -0.398 e. The van der Waals surface area contributed by atoms with Crippen molar-refractivity contribution in [1.29, 1.82) is 0 Å². The normalized spacial score (nSPS) is 11.6. The summed E-state index contributed by atoms with van der Waals surface area (Å²) in [5.41, 5.74) is 7.67. The number of anilines is 2. The average Bonchev–Trinajstić information content (AvgIpc) is 2.66. The van der Waals surface area contributed by atoms with Crippen molar-refractivity contribution < 1.29 is 8.42 Å². The number of rotatable bonds is 3. The van der Waals surface area contributed by atoms with Gasteiger partial charge < -0.3 is 5.73 Å². The van der Waals surface area contributed by atoms with Crippen LogP contribution < -0.4 is 10.5 Å². The highest BCUT2D eigenvalue weighted by Gasteiger charge is 2.20. The van der Waals surface area contributed by atoms with Crippen LogP contribution in [0, 0.1) is 13.8 Å². The molecule has 0 saturated carbocycles. The molecule has 0 radical (unpaired) electrons. The zero-order valence-corrected chi connectivity index (χ0v) is 15.5. The van der Waals surface area contributed by atoms with E-state index in [9.17, 15) is 8.42 Å². The van der Waals surface area contributed by atoms with E-state index < -0.39 is 10.0 Å². The zero-order valence-electron chi connectivity index (χ0n) is 10.7. The van der Waals surface area contributed by atoms with Crippen LogP contribution in [0.3, 0.4) is 0 Å². The molecule has 3 N–H and O–H groups in total. The van der Waals surface area contributed by atoms with Gasteiger partial charge in [0.05, 0.1) is 9.47 Å². The first-order valence-electron chi connectivity index (χ1n) is 5.55. The number of benzene rings is 1. The molecule has 0 aliphatic rings. The Morgan fingerprint density at radius 2 is 1.85 bits per heavy atom. The molecule has 2 rings (SSSR count). The standard InChI is InChI=1S/C12H12Br2N2O2S2/c1-6-3-8(13)10(4-9(6)15)16-20(17,18)11-5-12(14)19-7(11)2/h3-5,16H,15H2,1-2H3. The molecule has 2 aromatic rings. The summed E-state index contributed by atoms with van der Waals surface area (Å²) in [4.78, 5) is 0.987. The van der Waals surface area contributed by atoms with E-state index in [0.717, 1.165) is 14.2 Å². The lowest BCUT2D eigenvalue weighted by Crippen LogP contribution is -2.13. The van der Waals surface area contributed by atoms with Crippen LogP contribution in [0.2, 0.25) is 0 Å². The van der Waals surface area contributed by atoms with E-state index in [4.69, 9.17) is 5.73 Å². The molecule has 0 saturated heterocycles. The van der Waals surface area contributed by atoms with Crippen molar-refractivity contribution in [3.8, 4) is 0 Å². The summed E-state index contributed by atoms with van der Waals surface area (Å²) in [6.07, 6.45) is 0. The third-order valence-corrected chi connectivity index (χ3v) is 6.56. The Balaban J connectivity index is 2.43. The summed E-state index contributed by atoms with van der Waals surface area (Å²) in [7, 11) is -3.63. The number of nitrogens with two attached hydrogens (primary N) is 1. The Kier molecular flexibility index (Phi) is 4.48. The number of aryl methyl sites for hydroxylation is 2. The number of halogens is 2. The molecular formula is C12H12Br2N2O2S2. The van der Waals surface area contributed by atoms with Crippen molar-refractivity contribution in [3.05, 3.63) is 36.9 Å². The van der Waals surface area contributed by atoms with E-state index in [1.165, 1.54) is 11.3 Å². The van der Waals surface area contributed by atoms with Crippen LogP contribution in [0.15, 0.2) is 31.4 Å². The molecule has 0 aliphatic carbocycles. The molecule has 1 aromatic heterocycles. The fraction of sp³-hybridized carbons (Fsp3) is 0.167. The van der Waals surface area contributed by atoms with Gasteiger partial charge in [0.1, 0.15) is 4.90 Å². The van der Waals surface area contributed by atoms with Crippen LogP contribution in [0.25, 0.3) is 0 Å². The smallest absolute Gasteiger partial charge is 0.263 e. The summed E-state index contributed by atoms with van der Waals surface area (Å²) < 4.78 is 28.8. The summed E-state index contributed by atoms with van der Waals surface area (Å²) in [5.74, 6) is 0. The molecule has 0 aliphatic heterocycles. The van der Waals surface area contributed by atoms with Crippen LogP contribution in [-0.2, 0) is 10.0 Å². The van der Waals surface area contributed by atoms with Gasteiger partial charge in [-0.2, -0.15) is 0 Å². The first kappa shape index (κ1) is 15.8. The van der Waals surface area contributed by atoms with E-state index in [0.29, 0.717) is 15.8 Å². The van der Waals surface area contributed by atoms with Crippen LogP contribution >= 0.6 is 43.2 Å². The maximum Gasteiger partial charge on any atom is 0.263 e. The predicted octanol–water partition coefficient (Wildman–Crippen LogP) is 4.27. The molecule has 1 aromatic carbocycles. The second-order valence-corrected chi connectivity index (χ2v) is 9.41. The summed E-state index contributed by atoms with van der Waals surface area (Å²) >= 11 is 8.01. The van der Waals surface area contributed by atoms with Gasteiger partial charge in [0.15, 0.2) is 0 Å². The van der Waals surface area contributed by atoms with Crippen molar-refractivity contribution in [1.82, 2.24) is 0 Å². The Labute approximate surface area is 138 Å². The summed E-state index contributed by atoms with van der Waals surface area (Å²) in [5, 5.41) is 0. The van der Waals surface area contributed by atoms with Gasteiger partial charge in [0.2, 0.25) is 0 Å². The number of nitrogen functional groups attached to an aromatic ring is 1. The van der Waals surface area contributed by atoms with Gasteiger partial charge in [-0.15, -0.1) is 11.3 Å². The van der Waals surface area contributed by atoms with Crippen molar-refractivity contribution in [3.63, 3.8) is 0 Å². The van der Waals surface area contributed by atoms with Crippen LogP contribution in [0.5, 0.6) is 0 Å². The number of hydrogen-bond acceptors (Lipinski definition) is 4. The van der Waals surface area contributed by atoms with Crippen LogP contribution in [0.4, 0.5) is 11.4 Å². The van der Waals surface area contributed by atoms with Gasteiger partial charge in [-0.25, -0.2) is 8.42 Å². The van der Waals surface area contributed by atoms with Crippen LogP contribution in [0.1, 0.15) is 10.4 Å². The molecule has 8 heteroatoms. The molecule has 0 unspecified atom stereocenters. The van der Waals surface area contributed by atoms with Crippen LogP contribution in [-0.4, -0.2) is 8.42 Å². The Morgan fingerprint density at radius 1 is 1.20 bits per heavy atom. The molecule has 0 bridgehead atoms. The van der Waals surface area contributed by atoms with Crippen molar-refractivity contribution in [2.45, 2.75) is 18.7 Å². The zero-order chi connectivity index (χ0) is 15.1. The van der Waals surface area contributed by atoms with Gasteiger partial charge in [-0.05, 0) is 69.5 Å². The second kappa shape index (κ2) is 5.67. The molecule has 1 heterocycles.